The Morgan fingerprint density at radius 3 is 2.52 bits per heavy atom. The van der Waals surface area contributed by atoms with Crippen LogP contribution < -0.4 is 20.1 Å². The average molecular weight is 657 g/mol. The number of piperazine rings is 1. The van der Waals surface area contributed by atoms with Crippen LogP contribution in [0.5, 0.6) is 11.5 Å². The highest BCUT2D eigenvalue weighted by Gasteiger charge is 2.15. The van der Waals surface area contributed by atoms with E-state index >= 15 is 0 Å². The van der Waals surface area contributed by atoms with Crippen molar-refractivity contribution in [2.45, 2.75) is 33.6 Å². The molecule has 254 valence electrons. The topological polar surface area (TPSA) is 101 Å². The Morgan fingerprint density at radius 1 is 0.938 bits per heavy atom. The van der Waals surface area contributed by atoms with Crippen LogP contribution in [-0.4, -0.2) is 86.0 Å². The average Bonchev–Trinajstić information content (AvgIpc) is 3.08. The van der Waals surface area contributed by atoms with Gasteiger partial charge >= 0.3 is 6.09 Å². The maximum atomic E-state index is 14.8. The highest BCUT2D eigenvalue weighted by atomic mass is 19.1. The van der Waals surface area contributed by atoms with E-state index in [0.29, 0.717) is 18.7 Å². The third-order valence-electron chi connectivity index (χ3n) is 8.82. The number of hydrogen-bond donors (Lipinski definition) is 2. The van der Waals surface area contributed by atoms with Gasteiger partial charge in [0.25, 0.3) is 0 Å². The standard InChI is InChI=1S/C37H45FN6O4/c1-25-7-11-31(27(3)26(25)2)32-24-30(46-5)10-8-28(32)14-22-48-37(45)42-35-13-15-39-36(41-35)40-29-9-12-34(33(38)23-29)47-21-6-16-44-19-17-43(4)18-20-44/h7-13,15,23-24H,6,14,16-22H2,1-5H3,(H2,39,40,41,42,45). The molecule has 1 aromatic heterocycles. The molecule has 2 heterocycles. The zero-order valence-corrected chi connectivity index (χ0v) is 28.4. The molecule has 11 heteroatoms. The number of ether oxygens (including phenoxy) is 3. The second-order valence-electron chi connectivity index (χ2n) is 12.1. The van der Waals surface area contributed by atoms with Gasteiger partial charge in [-0.1, -0.05) is 18.2 Å². The van der Waals surface area contributed by atoms with Crippen LogP contribution in [0.2, 0.25) is 0 Å². The van der Waals surface area contributed by atoms with Gasteiger partial charge in [0.15, 0.2) is 11.6 Å². The summed E-state index contributed by atoms with van der Waals surface area (Å²) in [5.41, 5.74) is 7.34. The Morgan fingerprint density at radius 2 is 1.75 bits per heavy atom. The van der Waals surface area contributed by atoms with Crippen molar-refractivity contribution in [1.82, 2.24) is 19.8 Å². The van der Waals surface area contributed by atoms with E-state index in [4.69, 9.17) is 14.2 Å². The molecule has 2 N–H and O–H groups in total. The van der Waals surface area contributed by atoms with Crippen molar-refractivity contribution >= 4 is 23.5 Å². The van der Waals surface area contributed by atoms with Crippen LogP contribution >= 0.6 is 0 Å². The monoisotopic (exact) mass is 656 g/mol. The highest BCUT2D eigenvalue weighted by Crippen LogP contribution is 2.33. The summed E-state index contributed by atoms with van der Waals surface area (Å²) in [5, 5.41) is 5.62. The zero-order chi connectivity index (χ0) is 34.0. The van der Waals surface area contributed by atoms with Crippen LogP contribution in [-0.2, 0) is 11.2 Å². The van der Waals surface area contributed by atoms with Crippen LogP contribution in [0.4, 0.5) is 26.6 Å². The van der Waals surface area contributed by atoms with E-state index in [-0.39, 0.29) is 24.1 Å². The summed E-state index contributed by atoms with van der Waals surface area (Å²) in [5.74, 6) is 0.917. The zero-order valence-electron chi connectivity index (χ0n) is 28.4. The number of hydrogen-bond acceptors (Lipinski definition) is 9. The van der Waals surface area contributed by atoms with Crippen molar-refractivity contribution in [3.63, 3.8) is 0 Å². The number of carbonyl (C=O) groups is 1. The van der Waals surface area contributed by atoms with E-state index in [1.807, 2.05) is 18.2 Å². The van der Waals surface area contributed by atoms with E-state index in [1.54, 1.807) is 25.3 Å². The first-order chi connectivity index (χ1) is 23.2. The van der Waals surface area contributed by atoms with Gasteiger partial charge in [0.05, 0.1) is 20.3 Å². The SMILES string of the molecule is COc1ccc(CCOC(=O)Nc2ccnc(Nc3ccc(OCCCN4CCN(C)CC4)c(F)c3)n2)c(-c2ccc(C)c(C)c2C)c1. The van der Waals surface area contributed by atoms with E-state index in [9.17, 15) is 9.18 Å². The molecule has 0 unspecified atom stereocenters. The fraction of sp³-hybridized carbons (Fsp3) is 0.378. The molecule has 1 aliphatic heterocycles. The molecule has 0 atom stereocenters. The third-order valence-corrected chi connectivity index (χ3v) is 8.82. The summed E-state index contributed by atoms with van der Waals surface area (Å²) in [6, 6.07) is 16.3. The highest BCUT2D eigenvalue weighted by molar-refractivity contribution is 5.83. The lowest BCUT2D eigenvalue weighted by molar-refractivity contribution is 0.145. The maximum Gasteiger partial charge on any atom is 0.412 e. The van der Waals surface area contributed by atoms with E-state index in [2.05, 4.69) is 70.4 Å². The fourth-order valence-corrected chi connectivity index (χ4v) is 5.65. The number of methoxy groups -OCH3 is 1. The summed E-state index contributed by atoms with van der Waals surface area (Å²) in [6.45, 7) is 12.1. The number of nitrogens with one attached hydrogen (secondary N) is 2. The number of likely N-dealkylation sites (N-methyl/N-ethyl adjacent to an activating group) is 1. The Labute approximate surface area is 282 Å². The third kappa shape index (κ3) is 9.20. The Kier molecular flexibility index (Phi) is 11.8. The van der Waals surface area contributed by atoms with Crippen LogP contribution in [0.1, 0.15) is 28.7 Å². The van der Waals surface area contributed by atoms with Gasteiger partial charge in [-0.15, -0.1) is 0 Å². The summed E-state index contributed by atoms with van der Waals surface area (Å²) >= 11 is 0. The maximum absolute atomic E-state index is 14.8. The van der Waals surface area contributed by atoms with Gasteiger partial charge in [-0.2, -0.15) is 4.98 Å². The number of amides is 1. The van der Waals surface area contributed by atoms with Crippen molar-refractivity contribution < 1.29 is 23.4 Å². The predicted octanol–water partition coefficient (Wildman–Crippen LogP) is 6.77. The van der Waals surface area contributed by atoms with Crippen molar-refractivity contribution in [1.29, 1.82) is 0 Å². The first kappa shape index (κ1) is 34.6. The molecule has 0 radical (unpaired) electrons. The Balaban J connectivity index is 1.11. The van der Waals surface area contributed by atoms with Gasteiger partial charge in [-0.3, -0.25) is 5.32 Å². The molecule has 48 heavy (non-hydrogen) atoms. The summed E-state index contributed by atoms with van der Waals surface area (Å²) < 4.78 is 31.5. The largest absolute Gasteiger partial charge is 0.497 e. The van der Waals surface area contributed by atoms with E-state index < -0.39 is 11.9 Å². The lowest BCUT2D eigenvalue weighted by Crippen LogP contribution is -2.44. The van der Waals surface area contributed by atoms with Crippen molar-refractivity contribution in [2.75, 3.05) is 70.7 Å². The number of carbonyl (C=O) groups excluding carboxylic acids is 1. The van der Waals surface area contributed by atoms with E-state index in [0.717, 1.165) is 61.6 Å². The minimum Gasteiger partial charge on any atom is -0.497 e. The first-order valence-electron chi connectivity index (χ1n) is 16.3. The van der Waals surface area contributed by atoms with Crippen LogP contribution in [0, 0.1) is 26.6 Å². The number of rotatable bonds is 13. The van der Waals surface area contributed by atoms with Gasteiger partial charge in [0, 0.05) is 57.1 Å². The summed E-state index contributed by atoms with van der Waals surface area (Å²) in [4.78, 5) is 25.9. The lowest BCUT2D eigenvalue weighted by Gasteiger charge is -2.32. The number of aryl methyl sites for hydroxylation is 1. The van der Waals surface area contributed by atoms with Crippen LogP contribution in [0.25, 0.3) is 11.1 Å². The van der Waals surface area contributed by atoms with Crippen molar-refractivity contribution in [2.24, 2.45) is 0 Å². The first-order valence-corrected chi connectivity index (χ1v) is 16.3. The molecule has 5 rings (SSSR count). The van der Waals surface area contributed by atoms with Crippen LogP contribution in [0.15, 0.2) is 60.8 Å². The smallest absolute Gasteiger partial charge is 0.412 e. The molecule has 0 saturated carbocycles. The van der Waals surface area contributed by atoms with Gasteiger partial charge in [0.2, 0.25) is 5.95 Å². The fourth-order valence-electron chi connectivity index (χ4n) is 5.65. The minimum atomic E-state index is -0.641. The predicted molar refractivity (Wildman–Crippen MR) is 187 cm³/mol. The van der Waals surface area contributed by atoms with Crippen molar-refractivity contribution in [3.8, 4) is 22.6 Å². The van der Waals surface area contributed by atoms with Crippen LogP contribution in [0.3, 0.4) is 0 Å². The number of benzene rings is 3. The second kappa shape index (κ2) is 16.4. The normalized spacial score (nSPS) is 13.6. The minimum absolute atomic E-state index is 0.162. The number of nitrogens with zero attached hydrogens (tertiary/aromatic N) is 4. The Hall–Kier alpha value is -4.74. The summed E-state index contributed by atoms with van der Waals surface area (Å²) in [6.07, 6.45) is 2.19. The molecule has 10 nitrogen and oxygen atoms in total. The van der Waals surface area contributed by atoms with Gasteiger partial charge in [-0.05, 0) is 98.0 Å². The number of aromatic nitrogens is 2. The summed E-state index contributed by atoms with van der Waals surface area (Å²) in [7, 11) is 3.78. The quantitative estimate of drug-likeness (QED) is 0.151. The molecule has 0 bridgehead atoms. The lowest BCUT2D eigenvalue weighted by atomic mass is 9.90. The van der Waals surface area contributed by atoms with Gasteiger partial charge in [-0.25, -0.2) is 14.2 Å². The molecule has 1 amide bonds. The molecule has 0 spiro atoms. The molecule has 1 aliphatic rings. The van der Waals surface area contributed by atoms with E-state index in [1.165, 1.54) is 29.0 Å². The molecule has 4 aromatic rings. The molecule has 0 aliphatic carbocycles. The molecular weight excluding hydrogens is 611 g/mol. The second-order valence-corrected chi connectivity index (χ2v) is 12.1. The van der Waals surface area contributed by atoms with Gasteiger partial charge < -0.3 is 29.3 Å². The van der Waals surface area contributed by atoms with Crippen molar-refractivity contribution in [3.05, 3.63) is 88.9 Å². The Bertz CT molecular complexity index is 1710. The molecule has 1 fully saturated rings. The molecule has 1 saturated heterocycles. The number of anilines is 3. The molecular formula is C37H45FN6O4. The number of halogens is 1. The van der Waals surface area contributed by atoms with Gasteiger partial charge in [0.1, 0.15) is 11.6 Å². The molecule has 3 aromatic carbocycles.